The zero-order chi connectivity index (χ0) is 13.9. The predicted octanol–water partition coefficient (Wildman–Crippen LogP) is 4.44. The molecule has 100 valence electrons. The molecule has 0 aliphatic carbocycles. The summed E-state index contributed by atoms with van der Waals surface area (Å²) < 4.78 is 0. The molecule has 2 aromatic heterocycles. The van der Waals surface area contributed by atoms with Crippen molar-refractivity contribution in [2.45, 2.75) is 13.8 Å². The largest absolute Gasteiger partial charge is 0.261 e. The maximum Gasteiger partial charge on any atom is 0.147 e. The number of benzene rings is 1. The number of fused-ring (bicyclic) bond motifs is 1. The SMILES string of the molecule is C/C(=N\Nc1cc(C)c2ccccc2n1)c1cccs1. The van der Waals surface area contributed by atoms with Crippen LogP contribution in [0.25, 0.3) is 10.9 Å². The smallest absolute Gasteiger partial charge is 0.147 e. The van der Waals surface area contributed by atoms with E-state index in [2.05, 4.69) is 34.6 Å². The van der Waals surface area contributed by atoms with Gasteiger partial charge in [0, 0.05) is 10.3 Å². The minimum atomic E-state index is 0.775. The molecule has 3 nitrogen and oxygen atoms in total. The van der Waals surface area contributed by atoms with E-state index in [1.807, 2.05) is 42.6 Å². The summed E-state index contributed by atoms with van der Waals surface area (Å²) in [6.45, 7) is 4.08. The Bertz CT molecular complexity index is 760. The number of anilines is 1. The molecule has 0 aliphatic heterocycles. The van der Waals surface area contributed by atoms with E-state index in [-0.39, 0.29) is 0 Å². The quantitative estimate of drug-likeness (QED) is 0.569. The number of hydrazone groups is 1. The summed E-state index contributed by atoms with van der Waals surface area (Å²) >= 11 is 1.68. The van der Waals surface area contributed by atoms with E-state index >= 15 is 0 Å². The average molecular weight is 281 g/mol. The van der Waals surface area contributed by atoms with Crippen LogP contribution in [-0.4, -0.2) is 10.7 Å². The molecule has 0 unspecified atom stereocenters. The van der Waals surface area contributed by atoms with E-state index < -0.39 is 0 Å². The Morgan fingerprint density at radius 2 is 2.05 bits per heavy atom. The van der Waals surface area contributed by atoms with Crippen LogP contribution in [0, 0.1) is 6.92 Å². The maximum absolute atomic E-state index is 4.57. The van der Waals surface area contributed by atoms with Gasteiger partial charge >= 0.3 is 0 Å². The Balaban J connectivity index is 1.90. The van der Waals surface area contributed by atoms with Crippen LogP contribution in [-0.2, 0) is 0 Å². The lowest BCUT2D eigenvalue weighted by molar-refractivity contribution is 1.24. The highest BCUT2D eigenvalue weighted by molar-refractivity contribution is 7.12. The highest BCUT2D eigenvalue weighted by Crippen LogP contribution is 2.20. The van der Waals surface area contributed by atoms with Gasteiger partial charge < -0.3 is 0 Å². The molecule has 3 aromatic rings. The van der Waals surface area contributed by atoms with Gasteiger partial charge in [-0.25, -0.2) is 4.98 Å². The molecule has 2 heterocycles. The molecule has 0 fully saturated rings. The molecule has 0 aliphatic rings. The van der Waals surface area contributed by atoms with Crippen LogP contribution in [0.4, 0.5) is 5.82 Å². The number of nitrogens with zero attached hydrogens (tertiary/aromatic N) is 2. The molecular formula is C16H15N3S. The second-order valence-electron chi connectivity index (χ2n) is 4.63. The summed E-state index contributed by atoms with van der Waals surface area (Å²) in [7, 11) is 0. The van der Waals surface area contributed by atoms with Gasteiger partial charge in [-0.15, -0.1) is 11.3 Å². The van der Waals surface area contributed by atoms with E-state index in [0.717, 1.165) is 21.9 Å². The topological polar surface area (TPSA) is 37.3 Å². The fraction of sp³-hybridized carbons (Fsp3) is 0.125. The summed E-state index contributed by atoms with van der Waals surface area (Å²) in [5.74, 6) is 0.775. The minimum Gasteiger partial charge on any atom is -0.261 e. The highest BCUT2D eigenvalue weighted by Gasteiger charge is 2.02. The Hall–Kier alpha value is -2.20. The standard InChI is InChI=1S/C16H15N3S/c1-11-10-16(17-14-7-4-3-6-13(11)14)19-18-12(2)15-8-5-9-20-15/h3-10H,1-2H3,(H,17,19)/b18-12+. The Labute approximate surface area is 122 Å². The first kappa shape index (κ1) is 12.8. The summed E-state index contributed by atoms with van der Waals surface area (Å²) in [4.78, 5) is 5.74. The Kier molecular flexibility index (Phi) is 3.48. The van der Waals surface area contributed by atoms with Crippen molar-refractivity contribution in [3.8, 4) is 0 Å². The van der Waals surface area contributed by atoms with Gasteiger partial charge in [0.1, 0.15) is 5.82 Å². The number of aryl methyl sites for hydroxylation is 1. The molecular weight excluding hydrogens is 266 g/mol. The Morgan fingerprint density at radius 3 is 2.85 bits per heavy atom. The van der Waals surface area contributed by atoms with Crippen LogP contribution in [0.1, 0.15) is 17.4 Å². The number of rotatable bonds is 3. The summed E-state index contributed by atoms with van der Waals surface area (Å²) in [5, 5.41) is 7.63. The third kappa shape index (κ3) is 2.56. The van der Waals surface area contributed by atoms with Crippen LogP contribution in [0.5, 0.6) is 0 Å². The first-order chi connectivity index (χ1) is 9.74. The summed E-state index contributed by atoms with van der Waals surface area (Å²) in [6.07, 6.45) is 0. The van der Waals surface area contributed by atoms with E-state index in [1.54, 1.807) is 11.3 Å². The van der Waals surface area contributed by atoms with Gasteiger partial charge in [0.15, 0.2) is 0 Å². The highest BCUT2D eigenvalue weighted by atomic mass is 32.1. The molecule has 0 bridgehead atoms. The van der Waals surface area contributed by atoms with Gasteiger partial charge in [-0.1, -0.05) is 24.3 Å². The minimum absolute atomic E-state index is 0.775. The lowest BCUT2D eigenvalue weighted by atomic mass is 10.1. The monoisotopic (exact) mass is 281 g/mol. The molecule has 0 amide bonds. The average Bonchev–Trinajstić information content (AvgIpc) is 2.99. The van der Waals surface area contributed by atoms with Crippen LogP contribution in [0.3, 0.4) is 0 Å². The van der Waals surface area contributed by atoms with Crippen LogP contribution < -0.4 is 5.43 Å². The van der Waals surface area contributed by atoms with Crippen LogP contribution >= 0.6 is 11.3 Å². The summed E-state index contributed by atoms with van der Waals surface area (Å²) in [5.41, 5.74) is 6.20. The molecule has 1 aromatic carbocycles. The van der Waals surface area contributed by atoms with Gasteiger partial charge in [0.05, 0.1) is 11.2 Å². The lowest BCUT2D eigenvalue weighted by Gasteiger charge is -2.06. The van der Waals surface area contributed by atoms with Crippen molar-refractivity contribution in [1.82, 2.24) is 4.98 Å². The van der Waals surface area contributed by atoms with Crippen LogP contribution in [0.2, 0.25) is 0 Å². The Morgan fingerprint density at radius 1 is 1.20 bits per heavy atom. The molecule has 1 N–H and O–H groups in total. The molecule has 0 radical (unpaired) electrons. The molecule has 3 rings (SSSR count). The maximum atomic E-state index is 4.57. The van der Waals surface area contributed by atoms with E-state index in [1.165, 1.54) is 10.9 Å². The zero-order valence-corrected chi connectivity index (χ0v) is 12.2. The molecule has 0 spiro atoms. The van der Waals surface area contributed by atoms with Crippen molar-refractivity contribution in [2.24, 2.45) is 5.10 Å². The first-order valence-corrected chi connectivity index (χ1v) is 7.32. The third-order valence-corrected chi connectivity index (χ3v) is 4.12. The van der Waals surface area contributed by atoms with Gasteiger partial charge in [-0.3, -0.25) is 5.43 Å². The van der Waals surface area contributed by atoms with E-state index in [4.69, 9.17) is 0 Å². The van der Waals surface area contributed by atoms with Gasteiger partial charge in [0.2, 0.25) is 0 Å². The first-order valence-electron chi connectivity index (χ1n) is 6.44. The lowest BCUT2D eigenvalue weighted by Crippen LogP contribution is -1.99. The van der Waals surface area contributed by atoms with Gasteiger partial charge in [-0.2, -0.15) is 5.10 Å². The molecule has 4 heteroatoms. The van der Waals surface area contributed by atoms with Crippen molar-refractivity contribution >= 4 is 33.8 Å². The number of nitrogens with one attached hydrogen (secondary N) is 1. The van der Waals surface area contributed by atoms with E-state index in [0.29, 0.717) is 0 Å². The second-order valence-corrected chi connectivity index (χ2v) is 5.58. The number of hydrogen-bond acceptors (Lipinski definition) is 4. The number of hydrogen-bond donors (Lipinski definition) is 1. The number of thiophene rings is 1. The fourth-order valence-corrected chi connectivity index (χ4v) is 2.76. The van der Waals surface area contributed by atoms with Crippen molar-refractivity contribution in [3.05, 3.63) is 58.3 Å². The van der Waals surface area contributed by atoms with Crippen molar-refractivity contribution in [1.29, 1.82) is 0 Å². The van der Waals surface area contributed by atoms with Gasteiger partial charge in [-0.05, 0) is 43.0 Å². The molecule has 20 heavy (non-hydrogen) atoms. The van der Waals surface area contributed by atoms with Gasteiger partial charge in [0.25, 0.3) is 0 Å². The number of pyridine rings is 1. The third-order valence-electron chi connectivity index (χ3n) is 3.14. The zero-order valence-electron chi connectivity index (χ0n) is 11.4. The van der Waals surface area contributed by atoms with Crippen molar-refractivity contribution in [2.75, 3.05) is 5.43 Å². The molecule has 0 atom stereocenters. The van der Waals surface area contributed by atoms with Crippen LogP contribution in [0.15, 0.2) is 52.9 Å². The second kappa shape index (κ2) is 5.43. The predicted molar refractivity (Wildman–Crippen MR) is 86.6 cm³/mol. The number of aromatic nitrogens is 1. The number of para-hydroxylation sites is 1. The molecule has 0 saturated heterocycles. The normalized spacial score (nSPS) is 11.8. The van der Waals surface area contributed by atoms with Crippen molar-refractivity contribution in [3.63, 3.8) is 0 Å². The van der Waals surface area contributed by atoms with Crippen molar-refractivity contribution < 1.29 is 0 Å². The van der Waals surface area contributed by atoms with E-state index in [9.17, 15) is 0 Å². The molecule has 0 saturated carbocycles. The fourth-order valence-electron chi connectivity index (χ4n) is 2.09. The summed E-state index contributed by atoms with van der Waals surface area (Å²) in [6, 6.07) is 14.2.